The second kappa shape index (κ2) is 6.43. The summed E-state index contributed by atoms with van der Waals surface area (Å²) >= 11 is 0. The Labute approximate surface area is 130 Å². The molecule has 0 bridgehead atoms. The molecule has 3 rings (SSSR count). The van der Waals surface area contributed by atoms with Gasteiger partial charge in [-0.1, -0.05) is 47.6 Å². The van der Waals surface area contributed by atoms with E-state index in [1.54, 1.807) is 11.1 Å². The minimum atomic E-state index is -0.433. The van der Waals surface area contributed by atoms with Crippen molar-refractivity contribution in [2.24, 2.45) is 5.16 Å². The van der Waals surface area contributed by atoms with E-state index < -0.39 is 6.09 Å². The van der Waals surface area contributed by atoms with Gasteiger partial charge in [0.1, 0.15) is 0 Å². The van der Waals surface area contributed by atoms with Gasteiger partial charge in [-0.05, 0) is 42.5 Å². The number of carbonyl (C=O) groups is 1. The van der Waals surface area contributed by atoms with Crippen molar-refractivity contribution in [1.29, 1.82) is 0 Å². The molecule has 1 heterocycles. The maximum atomic E-state index is 12.2. The molecule has 0 aliphatic carbocycles. The molecule has 0 atom stereocenters. The fraction of sp³-hybridized carbons (Fsp3) is 0.222. The number of anilines is 1. The highest BCUT2D eigenvalue weighted by Gasteiger charge is 2.23. The molecule has 0 spiro atoms. The molecule has 1 amide bonds. The van der Waals surface area contributed by atoms with Crippen LogP contribution in [-0.4, -0.2) is 18.9 Å². The SMILES string of the molecule is Cc1ccccc1C=NOC(=O)N1CCCc2ccccc21. The van der Waals surface area contributed by atoms with Crippen molar-refractivity contribution in [1.82, 2.24) is 0 Å². The minimum Gasteiger partial charge on any atom is -0.298 e. The van der Waals surface area contributed by atoms with Gasteiger partial charge in [0.05, 0.1) is 11.9 Å². The summed E-state index contributed by atoms with van der Waals surface area (Å²) < 4.78 is 0. The van der Waals surface area contributed by atoms with Crippen LogP contribution >= 0.6 is 0 Å². The van der Waals surface area contributed by atoms with Crippen molar-refractivity contribution < 1.29 is 9.63 Å². The van der Waals surface area contributed by atoms with Crippen molar-refractivity contribution in [3.63, 3.8) is 0 Å². The highest BCUT2D eigenvalue weighted by molar-refractivity contribution is 5.90. The summed E-state index contributed by atoms with van der Waals surface area (Å²) in [6.07, 6.45) is 3.07. The van der Waals surface area contributed by atoms with E-state index >= 15 is 0 Å². The van der Waals surface area contributed by atoms with Crippen LogP contribution in [0.4, 0.5) is 10.5 Å². The standard InChI is InChI=1S/C18H18N2O2/c1-14-7-2-3-9-16(14)13-19-22-18(21)20-12-6-10-15-8-4-5-11-17(15)20/h2-5,7-9,11,13H,6,10,12H2,1H3. The predicted octanol–water partition coefficient (Wildman–Crippen LogP) is 3.92. The largest absolute Gasteiger partial charge is 0.440 e. The fourth-order valence-corrected chi connectivity index (χ4v) is 2.63. The molecule has 0 saturated carbocycles. The lowest BCUT2D eigenvalue weighted by Crippen LogP contribution is -2.35. The molecular formula is C18H18N2O2. The normalized spacial score (nSPS) is 14.0. The minimum absolute atomic E-state index is 0.433. The number of benzene rings is 2. The average molecular weight is 294 g/mol. The van der Waals surface area contributed by atoms with Crippen LogP contribution in [0.5, 0.6) is 0 Å². The molecular weight excluding hydrogens is 276 g/mol. The average Bonchev–Trinajstić information content (AvgIpc) is 2.56. The number of oxime groups is 1. The van der Waals surface area contributed by atoms with Gasteiger partial charge in [-0.15, -0.1) is 0 Å². The summed E-state index contributed by atoms with van der Waals surface area (Å²) in [5.74, 6) is 0. The van der Waals surface area contributed by atoms with Crippen molar-refractivity contribution in [2.45, 2.75) is 19.8 Å². The maximum Gasteiger partial charge on any atom is 0.440 e. The molecule has 1 aliphatic rings. The van der Waals surface area contributed by atoms with Gasteiger partial charge in [0.25, 0.3) is 0 Å². The Kier molecular flexibility index (Phi) is 4.19. The van der Waals surface area contributed by atoms with Crippen LogP contribution in [0, 0.1) is 6.92 Å². The summed E-state index contributed by atoms with van der Waals surface area (Å²) in [6, 6.07) is 15.7. The Morgan fingerprint density at radius 2 is 1.95 bits per heavy atom. The van der Waals surface area contributed by atoms with Crippen LogP contribution in [0.3, 0.4) is 0 Å². The Hall–Kier alpha value is -2.62. The van der Waals surface area contributed by atoms with E-state index in [9.17, 15) is 4.79 Å². The number of aryl methyl sites for hydroxylation is 2. The van der Waals surface area contributed by atoms with E-state index in [2.05, 4.69) is 5.16 Å². The predicted molar refractivity (Wildman–Crippen MR) is 87.4 cm³/mol. The van der Waals surface area contributed by atoms with Crippen molar-refractivity contribution >= 4 is 18.0 Å². The summed E-state index contributed by atoms with van der Waals surface area (Å²) in [5, 5.41) is 3.83. The second-order valence-corrected chi connectivity index (χ2v) is 5.33. The lowest BCUT2D eigenvalue weighted by atomic mass is 10.0. The quantitative estimate of drug-likeness (QED) is 0.478. The zero-order valence-corrected chi connectivity index (χ0v) is 12.5. The molecule has 2 aromatic rings. The highest BCUT2D eigenvalue weighted by atomic mass is 16.7. The van der Waals surface area contributed by atoms with Gasteiger partial charge < -0.3 is 0 Å². The molecule has 22 heavy (non-hydrogen) atoms. The number of rotatable bonds is 2. The van der Waals surface area contributed by atoms with Gasteiger partial charge in [0.2, 0.25) is 0 Å². The van der Waals surface area contributed by atoms with E-state index in [0.717, 1.165) is 29.7 Å². The Bertz CT molecular complexity index is 710. The number of nitrogens with zero attached hydrogens (tertiary/aromatic N) is 2. The molecule has 0 N–H and O–H groups in total. The van der Waals surface area contributed by atoms with E-state index in [1.807, 2.05) is 55.5 Å². The zero-order valence-electron chi connectivity index (χ0n) is 12.5. The summed E-state index contributed by atoms with van der Waals surface area (Å²) in [6.45, 7) is 2.65. The number of para-hydroxylation sites is 1. The highest BCUT2D eigenvalue weighted by Crippen LogP contribution is 2.27. The Morgan fingerprint density at radius 1 is 1.18 bits per heavy atom. The Balaban J connectivity index is 1.70. The van der Waals surface area contributed by atoms with E-state index in [1.165, 1.54) is 5.56 Å². The molecule has 2 aromatic carbocycles. The van der Waals surface area contributed by atoms with Gasteiger partial charge in [-0.3, -0.25) is 9.74 Å². The molecule has 0 aromatic heterocycles. The zero-order chi connectivity index (χ0) is 15.4. The Morgan fingerprint density at radius 3 is 2.82 bits per heavy atom. The van der Waals surface area contributed by atoms with Gasteiger partial charge in [0.15, 0.2) is 0 Å². The van der Waals surface area contributed by atoms with Crippen molar-refractivity contribution in [3.8, 4) is 0 Å². The van der Waals surface area contributed by atoms with Crippen LogP contribution in [0.1, 0.15) is 23.1 Å². The van der Waals surface area contributed by atoms with Crippen LogP contribution in [0.25, 0.3) is 0 Å². The number of fused-ring (bicyclic) bond motifs is 1. The van der Waals surface area contributed by atoms with Gasteiger partial charge >= 0.3 is 6.09 Å². The molecule has 4 heteroatoms. The second-order valence-electron chi connectivity index (χ2n) is 5.33. The first-order valence-corrected chi connectivity index (χ1v) is 7.41. The van der Waals surface area contributed by atoms with Crippen LogP contribution in [0.2, 0.25) is 0 Å². The smallest absolute Gasteiger partial charge is 0.298 e. The summed E-state index contributed by atoms with van der Waals surface area (Å²) in [7, 11) is 0. The number of hydrogen-bond donors (Lipinski definition) is 0. The summed E-state index contributed by atoms with van der Waals surface area (Å²) in [5.41, 5.74) is 4.12. The summed E-state index contributed by atoms with van der Waals surface area (Å²) in [4.78, 5) is 18.9. The molecule has 0 radical (unpaired) electrons. The maximum absolute atomic E-state index is 12.2. The van der Waals surface area contributed by atoms with Crippen LogP contribution < -0.4 is 4.90 Å². The first kappa shape index (κ1) is 14.3. The van der Waals surface area contributed by atoms with E-state index in [4.69, 9.17) is 4.84 Å². The van der Waals surface area contributed by atoms with Gasteiger partial charge in [0, 0.05) is 6.54 Å². The molecule has 112 valence electrons. The molecule has 0 saturated heterocycles. The molecule has 0 fully saturated rings. The van der Waals surface area contributed by atoms with Crippen LogP contribution in [0.15, 0.2) is 53.7 Å². The lowest BCUT2D eigenvalue weighted by molar-refractivity contribution is 0.158. The third-order valence-electron chi connectivity index (χ3n) is 3.84. The number of carbonyl (C=O) groups excluding carboxylic acids is 1. The third kappa shape index (κ3) is 3.01. The van der Waals surface area contributed by atoms with Gasteiger partial charge in [-0.25, -0.2) is 4.79 Å². The first-order valence-electron chi connectivity index (χ1n) is 7.41. The first-order chi connectivity index (χ1) is 10.8. The molecule has 4 nitrogen and oxygen atoms in total. The van der Waals surface area contributed by atoms with Gasteiger partial charge in [-0.2, -0.15) is 0 Å². The van der Waals surface area contributed by atoms with Crippen molar-refractivity contribution in [2.75, 3.05) is 11.4 Å². The molecule has 1 aliphatic heterocycles. The number of amides is 1. The van der Waals surface area contributed by atoms with E-state index in [-0.39, 0.29) is 0 Å². The monoisotopic (exact) mass is 294 g/mol. The third-order valence-corrected chi connectivity index (χ3v) is 3.84. The van der Waals surface area contributed by atoms with Crippen molar-refractivity contribution in [3.05, 3.63) is 65.2 Å². The molecule has 0 unspecified atom stereocenters. The van der Waals surface area contributed by atoms with E-state index in [0.29, 0.717) is 6.54 Å². The van der Waals surface area contributed by atoms with Crippen LogP contribution in [-0.2, 0) is 11.3 Å². The fourth-order valence-electron chi connectivity index (χ4n) is 2.63. The topological polar surface area (TPSA) is 41.9 Å². The lowest BCUT2D eigenvalue weighted by Gasteiger charge is -2.27. The number of hydrogen-bond acceptors (Lipinski definition) is 3.